The summed E-state index contributed by atoms with van der Waals surface area (Å²) in [5.74, 6) is 0.230. The Balaban J connectivity index is 2.59. The van der Waals surface area contributed by atoms with Gasteiger partial charge in [0.05, 0.1) is 5.39 Å². The van der Waals surface area contributed by atoms with E-state index in [-0.39, 0.29) is 5.75 Å². The van der Waals surface area contributed by atoms with Crippen LogP contribution in [0, 0.1) is 0 Å². The highest BCUT2D eigenvalue weighted by atomic mass is 35.5. The van der Waals surface area contributed by atoms with Crippen LogP contribution < -0.4 is 0 Å². The largest absolute Gasteiger partial charge is 0.507 e. The molecule has 1 aromatic heterocycles. The molecule has 0 amide bonds. The van der Waals surface area contributed by atoms with Gasteiger partial charge in [0.1, 0.15) is 16.9 Å². The molecule has 74 valence electrons. The molecular weight excluding hydrogens is 212 g/mol. The van der Waals surface area contributed by atoms with Crippen LogP contribution in [0.3, 0.4) is 0 Å². The third-order valence-corrected chi connectivity index (χ3v) is 2.67. The van der Waals surface area contributed by atoms with Crippen molar-refractivity contribution in [3.8, 4) is 5.75 Å². The minimum atomic E-state index is 0.230. The van der Waals surface area contributed by atoms with Gasteiger partial charge in [-0.25, -0.2) is 0 Å². The van der Waals surface area contributed by atoms with Gasteiger partial charge >= 0.3 is 0 Å². The van der Waals surface area contributed by atoms with Crippen molar-refractivity contribution in [1.82, 2.24) is 0 Å². The number of aromatic hydroxyl groups is 1. The Hall–Kier alpha value is -1.67. The van der Waals surface area contributed by atoms with E-state index in [0.717, 1.165) is 10.8 Å². The number of fused-ring (bicyclic) bond motifs is 3. The highest BCUT2D eigenvalue weighted by molar-refractivity contribution is 6.31. The van der Waals surface area contributed by atoms with Gasteiger partial charge in [0.2, 0.25) is 0 Å². The van der Waals surface area contributed by atoms with Crippen LogP contribution in [0.25, 0.3) is 21.9 Å². The molecule has 0 saturated carbocycles. The van der Waals surface area contributed by atoms with Crippen molar-refractivity contribution < 1.29 is 9.52 Å². The summed E-state index contributed by atoms with van der Waals surface area (Å²) < 4.78 is 5.57. The molecule has 0 fully saturated rings. The van der Waals surface area contributed by atoms with Crippen molar-refractivity contribution in [2.45, 2.75) is 0 Å². The lowest BCUT2D eigenvalue weighted by atomic mass is 10.1. The van der Waals surface area contributed by atoms with Gasteiger partial charge in [0.25, 0.3) is 0 Å². The number of furan rings is 1. The minimum absolute atomic E-state index is 0.230. The summed E-state index contributed by atoms with van der Waals surface area (Å²) in [5.41, 5.74) is 1.37. The molecule has 0 bridgehead atoms. The van der Waals surface area contributed by atoms with E-state index in [1.165, 1.54) is 0 Å². The summed E-state index contributed by atoms with van der Waals surface area (Å²) in [6.45, 7) is 0. The molecule has 0 radical (unpaired) electrons. The molecule has 0 saturated heterocycles. The second-order valence-corrected chi connectivity index (χ2v) is 3.83. The van der Waals surface area contributed by atoms with E-state index >= 15 is 0 Å². The van der Waals surface area contributed by atoms with Crippen LogP contribution in [0.5, 0.6) is 5.75 Å². The van der Waals surface area contributed by atoms with Gasteiger partial charge in [-0.05, 0) is 24.3 Å². The monoisotopic (exact) mass is 218 g/mol. The molecule has 0 unspecified atom stereocenters. The van der Waals surface area contributed by atoms with Gasteiger partial charge in [-0.2, -0.15) is 0 Å². The van der Waals surface area contributed by atoms with Crippen LogP contribution in [0.2, 0.25) is 5.02 Å². The first-order valence-electron chi connectivity index (χ1n) is 4.55. The van der Waals surface area contributed by atoms with Crippen LogP contribution >= 0.6 is 11.6 Å². The van der Waals surface area contributed by atoms with E-state index in [1.807, 2.05) is 12.1 Å². The van der Waals surface area contributed by atoms with Crippen molar-refractivity contribution >= 4 is 33.5 Å². The Kier molecular flexibility index (Phi) is 1.67. The zero-order valence-corrected chi connectivity index (χ0v) is 8.45. The Bertz CT molecular complexity index is 655. The lowest BCUT2D eigenvalue weighted by Crippen LogP contribution is -1.68. The maximum atomic E-state index is 9.73. The Morgan fingerprint density at radius 1 is 1.07 bits per heavy atom. The van der Waals surface area contributed by atoms with E-state index in [2.05, 4.69) is 0 Å². The lowest BCUT2D eigenvalue weighted by molar-refractivity contribution is 0.481. The molecule has 1 N–H and O–H groups in total. The predicted octanol–water partition coefficient (Wildman–Crippen LogP) is 3.95. The van der Waals surface area contributed by atoms with Crippen LogP contribution in [0.15, 0.2) is 40.8 Å². The molecule has 0 aliphatic heterocycles. The molecular formula is C12H7ClO2. The molecule has 3 heteroatoms. The fourth-order valence-corrected chi connectivity index (χ4v) is 1.94. The molecule has 0 aliphatic carbocycles. The van der Waals surface area contributed by atoms with Gasteiger partial charge in [0, 0.05) is 16.5 Å². The number of benzene rings is 2. The number of hydrogen-bond donors (Lipinski definition) is 1. The topological polar surface area (TPSA) is 33.4 Å². The molecule has 2 nitrogen and oxygen atoms in total. The van der Waals surface area contributed by atoms with Gasteiger partial charge in [0.15, 0.2) is 0 Å². The van der Waals surface area contributed by atoms with E-state index in [4.69, 9.17) is 16.0 Å². The summed E-state index contributed by atoms with van der Waals surface area (Å²) in [4.78, 5) is 0. The van der Waals surface area contributed by atoms with Crippen molar-refractivity contribution in [3.05, 3.63) is 41.4 Å². The van der Waals surface area contributed by atoms with E-state index in [1.54, 1.807) is 24.3 Å². The van der Waals surface area contributed by atoms with Crippen LogP contribution in [0.4, 0.5) is 0 Å². The summed E-state index contributed by atoms with van der Waals surface area (Å²) >= 11 is 5.86. The van der Waals surface area contributed by atoms with Gasteiger partial charge < -0.3 is 9.52 Å². The summed E-state index contributed by atoms with van der Waals surface area (Å²) in [5, 5.41) is 12.0. The average Bonchev–Trinajstić information content (AvgIpc) is 2.56. The normalized spacial score (nSPS) is 11.3. The number of rotatable bonds is 0. The number of phenols is 1. The second-order valence-electron chi connectivity index (χ2n) is 3.39. The molecule has 0 atom stereocenters. The van der Waals surface area contributed by atoms with Gasteiger partial charge in [-0.15, -0.1) is 0 Å². The number of halogens is 1. The SMILES string of the molecule is Oc1cccc2oc3cc(Cl)ccc3c12. The Morgan fingerprint density at radius 2 is 1.93 bits per heavy atom. The molecule has 3 aromatic rings. The fraction of sp³-hybridized carbons (Fsp3) is 0. The molecule has 1 heterocycles. The standard InChI is InChI=1S/C12H7ClO2/c13-7-4-5-8-11(6-7)15-10-3-1-2-9(14)12(8)10/h1-6,14H. The Labute approximate surface area is 90.7 Å². The first-order valence-corrected chi connectivity index (χ1v) is 4.93. The van der Waals surface area contributed by atoms with Gasteiger partial charge in [-0.3, -0.25) is 0 Å². The first kappa shape index (κ1) is 8.62. The summed E-state index contributed by atoms with van der Waals surface area (Å²) in [6, 6.07) is 10.6. The quantitative estimate of drug-likeness (QED) is 0.620. The predicted molar refractivity (Wildman–Crippen MR) is 60.4 cm³/mol. The van der Waals surface area contributed by atoms with E-state index in [9.17, 15) is 5.11 Å². The van der Waals surface area contributed by atoms with Crippen molar-refractivity contribution in [1.29, 1.82) is 0 Å². The molecule has 2 aromatic carbocycles. The third kappa shape index (κ3) is 1.18. The second kappa shape index (κ2) is 2.91. The zero-order valence-electron chi connectivity index (χ0n) is 7.70. The number of phenolic OH excluding ortho intramolecular Hbond substituents is 1. The Morgan fingerprint density at radius 3 is 2.80 bits per heavy atom. The highest BCUT2D eigenvalue weighted by Crippen LogP contribution is 2.35. The van der Waals surface area contributed by atoms with E-state index in [0.29, 0.717) is 16.2 Å². The maximum absolute atomic E-state index is 9.73. The van der Waals surface area contributed by atoms with Crippen LogP contribution in [-0.4, -0.2) is 5.11 Å². The molecule has 0 spiro atoms. The van der Waals surface area contributed by atoms with E-state index < -0.39 is 0 Å². The van der Waals surface area contributed by atoms with Crippen LogP contribution in [0.1, 0.15) is 0 Å². The third-order valence-electron chi connectivity index (χ3n) is 2.44. The molecule has 3 rings (SSSR count). The van der Waals surface area contributed by atoms with Crippen molar-refractivity contribution in [2.75, 3.05) is 0 Å². The zero-order chi connectivity index (χ0) is 10.4. The number of hydrogen-bond acceptors (Lipinski definition) is 2. The lowest BCUT2D eigenvalue weighted by Gasteiger charge is -1.92. The fourth-order valence-electron chi connectivity index (χ4n) is 1.78. The van der Waals surface area contributed by atoms with Gasteiger partial charge in [-0.1, -0.05) is 17.7 Å². The molecule has 15 heavy (non-hydrogen) atoms. The van der Waals surface area contributed by atoms with Crippen LogP contribution in [-0.2, 0) is 0 Å². The highest BCUT2D eigenvalue weighted by Gasteiger charge is 2.09. The average molecular weight is 219 g/mol. The maximum Gasteiger partial charge on any atom is 0.139 e. The smallest absolute Gasteiger partial charge is 0.139 e. The van der Waals surface area contributed by atoms with Crippen molar-refractivity contribution in [2.24, 2.45) is 0 Å². The minimum Gasteiger partial charge on any atom is -0.507 e. The first-order chi connectivity index (χ1) is 7.25. The van der Waals surface area contributed by atoms with Crippen molar-refractivity contribution in [3.63, 3.8) is 0 Å². The summed E-state index contributed by atoms with van der Waals surface area (Å²) in [6.07, 6.45) is 0. The molecule has 0 aliphatic rings. The summed E-state index contributed by atoms with van der Waals surface area (Å²) in [7, 11) is 0.